The van der Waals surface area contributed by atoms with Gasteiger partial charge < -0.3 is 10.1 Å². The Kier molecular flexibility index (Phi) is 4.26. The van der Waals surface area contributed by atoms with Gasteiger partial charge in [0.05, 0.1) is 13.7 Å². The predicted octanol–water partition coefficient (Wildman–Crippen LogP) is 1.63. The van der Waals surface area contributed by atoms with E-state index in [1.165, 1.54) is 6.92 Å². The zero-order chi connectivity index (χ0) is 13.0. The van der Waals surface area contributed by atoms with Gasteiger partial charge in [0, 0.05) is 12.5 Å². The Balaban J connectivity index is 2.94. The van der Waals surface area contributed by atoms with Gasteiger partial charge in [-0.3, -0.25) is 9.59 Å². The second-order valence-corrected chi connectivity index (χ2v) is 3.97. The Morgan fingerprint density at radius 2 is 1.88 bits per heavy atom. The number of hydrogen-bond donors (Lipinski definition) is 1. The van der Waals surface area contributed by atoms with E-state index in [2.05, 4.69) is 5.32 Å². The first-order chi connectivity index (χ1) is 7.95. The van der Waals surface area contributed by atoms with Crippen molar-refractivity contribution in [3.8, 4) is 5.75 Å². The Hall–Kier alpha value is -1.84. The molecule has 1 aromatic carbocycles. The molecule has 1 N–H and O–H groups in total. The molecule has 0 saturated heterocycles. The van der Waals surface area contributed by atoms with Gasteiger partial charge in [-0.1, -0.05) is 0 Å². The summed E-state index contributed by atoms with van der Waals surface area (Å²) in [4.78, 5) is 22.6. The maximum Gasteiger partial charge on any atom is 0.217 e. The smallest absolute Gasteiger partial charge is 0.217 e. The lowest BCUT2D eigenvalue weighted by atomic mass is 10.0. The van der Waals surface area contributed by atoms with Gasteiger partial charge in [0.25, 0.3) is 0 Å². The summed E-state index contributed by atoms with van der Waals surface area (Å²) in [6, 6.07) is 3.62. The van der Waals surface area contributed by atoms with Gasteiger partial charge in [-0.25, -0.2) is 0 Å². The van der Waals surface area contributed by atoms with Crippen molar-refractivity contribution in [1.82, 2.24) is 5.32 Å². The fourth-order valence-corrected chi connectivity index (χ4v) is 1.61. The van der Waals surface area contributed by atoms with E-state index >= 15 is 0 Å². The third-order valence-corrected chi connectivity index (χ3v) is 2.54. The van der Waals surface area contributed by atoms with E-state index in [1.54, 1.807) is 13.2 Å². The van der Waals surface area contributed by atoms with Gasteiger partial charge in [0.2, 0.25) is 5.91 Å². The van der Waals surface area contributed by atoms with Gasteiger partial charge in [0.15, 0.2) is 5.78 Å². The SMILES string of the molecule is COc1cc(C)c(C(=O)CNC(C)=O)cc1C. The lowest BCUT2D eigenvalue weighted by Gasteiger charge is -2.10. The molecule has 92 valence electrons. The number of amides is 1. The number of benzene rings is 1. The van der Waals surface area contributed by atoms with E-state index < -0.39 is 0 Å². The number of carbonyl (C=O) groups is 2. The van der Waals surface area contributed by atoms with Gasteiger partial charge in [0.1, 0.15) is 5.75 Å². The molecule has 0 spiro atoms. The lowest BCUT2D eigenvalue weighted by Crippen LogP contribution is -2.27. The highest BCUT2D eigenvalue weighted by molar-refractivity contribution is 6.00. The maximum atomic E-state index is 11.9. The summed E-state index contributed by atoms with van der Waals surface area (Å²) in [5, 5.41) is 2.50. The van der Waals surface area contributed by atoms with E-state index in [9.17, 15) is 9.59 Å². The lowest BCUT2D eigenvalue weighted by molar-refractivity contribution is -0.118. The van der Waals surface area contributed by atoms with Crippen LogP contribution in [0.3, 0.4) is 0 Å². The second kappa shape index (κ2) is 5.48. The molecule has 0 aliphatic carbocycles. The van der Waals surface area contributed by atoms with E-state index in [0.717, 1.165) is 16.9 Å². The summed E-state index contributed by atoms with van der Waals surface area (Å²) in [6.07, 6.45) is 0. The van der Waals surface area contributed by atoms with Crippen molar-refractivity contribution in [1.29, 1.82) is 0 Å². The van der Waals surface area contributed by atoms with Crippen molar-refractivity contribution in [2.24, 2.45) is 0 Å². The molecule has 4 heteroatoms. The zero-order valence-corrected chi connectivity index (χ0v) is 10.6. The van der Waals surface area contributed by atoms with Crippen LogP contribution in [-0.2, 0) is 4.79 Å². The largest absolute Gasteiger partial charge is 0.496 e. The molecule has 0 fully saturated rings. The van der Waals surface area contributed by atoms with Crippen LogP contribution < -0.4 is 10.1 Å². The minimum atomic E-state index is -0.207. The minimum absolute atomic E-state index is 0.0297. The Morgan fingerprint density at radius 1 is 1.24 bits per heavy atom. The van der Waals surface area contributed by atoms with Crippen LogP contribution in [0.25, 0.3) is 0 Å². The number of carbonyl (C=O) groups excluding carboxylic acids is 2. The monoisotopic (exact) mass is 235 g/mol. The molecule has 0 radical (unpaired) electrons. The third kappa shape index (κ3) is 3.31. The third-order valence-electron chi connectivity index (χ3n) is 2.54. The van der Waals surface area contributed by atoms with Crippen LogP contribution in [0, 0.1) is 13.8 Å². The molecule has 0 atom stereocenters. The average molecular weight is 235 g/mol. The first kappa shape index (κ1) is 13.2. The molecule has 0 aliphatic rings. The van der Waals surface area contributed by atoms with Crippen molar-refractivity contribution < 1.29 is 14.3 Å². The summed E-state index contributed by atoms with van der Waals surface area (Å²) in [6.45, 7) is 5.15. The summed E-state index contributed by atoms with van der Waals surface area (Å²) in [5.41, 5.74) is 2.38. The standard InChI is InChI=1S/C13H17NO3/c1-8-6-13(17-4)9(2)5-11(8)12(16)7-14-10(3)15/h5-6H,7H2,1-4H3,(H,14,15). The van der Waals surface area contributed by atoms with Crippen molar-refractivity contribution in [2.45, 2.75) is 20.8 Å². The number of Topliss-reactive ketones (excluding diaryl/α,β-unsaturated/α-hetero) is 1. The molecule has 4 nitrogen and oxygen atoms in total. The second-order valence-electron chi connectivity index (χ2n) is 3.97. The molecule has 0 bridgehead atoms. The molecule has 0 unspecified atom stereocenters. The van der Waals surface area contributed by atoms with Crippen molar-refractivity contribution in [3.05, 3.63) is 28.8 Å². The molecular weight excluding hydrogens is 218 g/mol. The topological polar surface area (TPSA) is 55.4 Å². The van der Waals surface area contributed by atoms with Gasteiger partial charge >= 0.3 is 0 Å². The number of rotatable bonds is 4. The van der Waals surface area contributed by atoms with E-state index in [4.69, 9.17) is 4.74 Å². The first-order valence-corrected chi connectivity index (χ1v) is 5.38. The average Bonchev–Trinajstić information content (AvgIpc) is 2.28. The van der Waals surface area contributed by atoms with Crippen LogP contribution in [0.2, 0.25) is 0 Å². The van der Waals surface area contributed by atoms with E-state index in [1.807, 2.05) is 19.9 Å². The Labute approximate surface area is 101 Å². The van der Waals surface area contributed by atoms with Crippen LogP contribution >= 0.6 is 0 Å². The molecule has 0 heterocycles. The molecule has 1 aromatic rings. The number of nitrogens with one attached hydrogen (secondary N) is 1. The van der Waals surface area contributed by atoms with Crippen molar-refractivity contribution >= 4 is 11.7 Å². The van der Waals surface area contributed by atoms with Crippen molar-refractivity contribution in [3.63, 3.8) is 0 Å². The zero-order valence-electron chi connectivity index (χ0n) is 10.6. The normalized spacial score (nSPS) is 9.88. The number of ketones is 1. The van der Waals surface area contributed by atoms with E-state index in [-0.39, 0.29) is 18.2 Å². The summed E-state index contributed by atoms with van der Waals surface area (Å²) in [7, 11) is 1.60. The van der Waals surface area contributed by atoms with Crippen LogP contribution in [0.4, 0.5) is 0 Å². The molecule has 0 aromatic heterocycles. The summed E-state index contributed by atoms with van der Waals surface area (Å²) < 4.78 is 5.18. The van der Waals surface area contributed by atoms with Crippen molar-refractivity contribution in [2.75, 3.05) is 13.7 Å². The highest BCUT2D eigenvalue weighted by Crippen LogP contribution is 2.22. The van der Waals surface area contributed by atoms with Gasteiger partial charge in [-0.15, -0.1) is 0 Å². The molecule has 0 aliphatic heterocycles. The molecule has 1 rings (SSSR count). The minimum Gasteiger partial charge on any atom is -0.496 e. The predicted molar refractivity (Wildman–Crippen MR) is 65.5 cm³/mol. The highest BCUT2D eigenvalue weighted by atomic mass is 16.5. The molecule has 0 saturated carbocycles. The Bertz CT molecular complexity index is 452. The highest BCUT2D eigenvalue weighted by Gasteiger charge is 2.12. The number of ether oxygens (including phenoxy) is 1. The maximum absolute atomic E-state index is 11.9. The van der Waals surface area contributed by atoms with Gasteiger partial charge in [-0.2, -0.15) is 0 Å². The summed E-state index contributed by atoms with van der Waals surface area (Å²) in [5.74, 6) is 0.461. The van der Waals surface area contributed by atoms with Gasteiger partial charge in [-0.05, 0) is 37.1 Å². The fraction of sp³-hybridized carbons (Fsp3) is 0.385. The molecular formula is C13H17NO3. The van der Waals surface area contributed by atoms with E-state index in [0.29, 0.717) is 5.56 Å². The van der Waals surface area contributed by atoms with Crippen LogP contribution in [0.5, 0.6) is 5.75 Å². The summed E-state index contributed by atoms with van der Waals surface area (Å²) >= 11 is 0. The van der Waals surface area contributed by atoms with Crippen LogP contribution in [0.15, 0.2) is 12.1 Å². The fourth-order valence-electron chi connectivity index (χ4n) is 1.61. The molecule has 1 amide bonds. The number of hydrogen-bond acceptors (Lipinski definition) is 3. The van der Waals surface area contributed by atoms with Crippen LogP contribution in [0.1, 0.15) is 28.4 Å². The first-order valence-electron chi connectivity index (χ1n) is 5.38. The molecule has 17 heavy (non-hydrogen) atoms. The van der Waals surface area contributed by atoms with Crippen LogP contribution in [-0.4, -0.2) is 25.3 Å². The number of methoxy groups -OCH3 is 1. The Morgan fingerprint density at radius 3 is 2.41 bits per heavy atom. The number of aryl methyl sites for hydroxylation is 2. The quantitative estimate of drug-likeness (QED) is 0.807.